The number of benzene rings is 1. The highest BCUT2D eigenvalue weighted by atomic mass is 35.5. The van der Waals surface area contributed by atoms with Crippen LogP contribution in [0.1, 0.15) is 6.92 Å². The molecule has 9 nitrogen and oxygen atoms in total. The SMILES string of the molecule is COc1ccc(Cl)cc1NC(=O)N1CC2CN(C(=O)CNC(C)=O)CC2(CO)C1. The topological polar surface area (TPSA) is 111 Å². The molecule has 10 heteroatoms. The molecule has 3 N–H and O–H groups in total. The largest absolute Gasteiger partial charge is 0.495 e. The summed E-state index contributed by atoms with van der Waals surface area (Å²) >= 11 is 6.01. The number of aliphatic hydroxyl groups is 1. The van der Waals surface area contributed by atoms with Crippen LogP contribution in [0.4, 0.5) is 10.5 Å². The number of carbonyl (C=O) groups excluding carboxylic acids is 3. The van der Waals surface area contributed by atoms with Crippen LogP contribution >= 0.6 is 11.6 Å². The number of amides is 4. The van der Waals surface area contributed by atoms with E-state index in [4.69, 9.17) is 16.3 Å². The Morgan fingerprint density at radius 1 is 1.28 bits per heavy atom. The molecule has 2 fully saturated rings. The minimum absolute atomic E-state index is 0.0409. The number of nitrogens with zero attached hydrogens (tertiary/aromatic N) is 2. The quantitative estimate of drug-likeness (QED) is 0.646. The average Bonchev–Trinajstić information content (AvgIpc) is 3.21. The van der Waals surface area contributed by atoms with Gasteiger partial charge in [0.2, 0.25) is 11.8 Å². The van der Waals surface area contributed by atoms with Crippen molar-refractivity contribution >= 4 is 35.1 Å². The standard InChI is InChI=1S/C19H25ClN4O5/c1-12(26)21-6-17(27)23-7-13-8-24(10-19(13,9-23)11-25)18(28)22-15-5-14(20)3-4-16(15)29-2/h3-5,13,25H,6-11H2,1-2H3,(H,21,26)(H,22,28). The van der Waals surface area contributed by atoms with E-state index in [1.165, 1.54) is 14.0 Å². The van der Waals surface area contributed by atoms with Crippen molar-refractivity contribution in [1.82, 2.24) is 15.1 Å². The summed E-state index contributed by atoms with van der Waals surface area (Å²) in [6.45, 7) is 2.67. The molecular weight excluding hydrogens is 400 g/mol. The van der Waals surface area contributed by atoms with Crippen LogP contribution in [-0.4, -0.2) is 79.2 Å². The van der Waals surface area contributed by atoms with E-state index in [0.717, 1.165) is 0 Å². The molecule has 29 heavy (non-hydrogen) atoms. The summed E-state index contributed by atoms with van der Waals surface area (Å²) in [4.78, 5) is 39.4. The lowest BCUT2D eigenvalue weighted by atomic mass is 9.82. The maximum Gasteiger partial charge on any atom is 0.321 e. The third-order valence-corrected chi connectivity index (χ3v) is 5.84. The van der Waals surface area contributed by atoms with Crippen LogP contribution in [-0.2, 0) is 9.59 Å². The molecule has 0 aromatic heterocycles. The van der Waals surface area contributed by atoms with Crippen LogP contribution in [0.3, 0.4) is 0 Å². The smallest absolute Gasteiger partial charge is 0.321 e. The van der Waals surface area contributed by atoms with Gasteiger partial charge in [0.15, 0.2) is 0 Å². The van der Waals surface area contributed by atoms with Gasteiger partial charge in [-0.05, 0) is 18.2 Å². The first-order valence-corrected chi connectivity index (χ1v) is 9.68. The van der Waals surface area contributed by atoms with Gasteiger partial charge in [-0.1, -0.05) is 11.6 Å². The number of hydrogen-bond acceptors (Lipinski definition) is 5. The number of urea groups is 1. The molecule has 1 aromatic carbocycles. The van der Waals surface area contributed by atoms with Crippen molar-refractivity contribution in [3.8, 4) is 5.75 Å². The Hall–Kier alpha value is -2.52. The van der Waals surface area contributed by atoms with Crippen molar-refractivity contribution in [1.29, 1.82) is 0 Å². The number of nitrogens with one attached hydrogen (secondary N) is 2. The van der Waals surface area contributed by atoms with Gasteiger partial charge >= 0.3 is 6.03 Å². The Morgan fingerprint density at radius 3 is 2.59 bits per heavy atom. The van der Waals surface area contributed by atoms with Gasteiger partial charge in [0, 0.05) is 49.5 Å². The maximum atomic E-state index is 12.8. The van der Waals surface area contributed by atoms with E-state index in [0.29, 0.717) is 42.6 Å². The number of methoxy groups -OCH3 is 1. The summed E-state index contributed by atoms with van der Waals surface area (Å²) in [6, 6.07) is 4.64. The fourth-order valence-corrected chi connectivity index (χ4v) is 4.20. The van der Waals surface area contributed by atoms with E-state index in [-0.39, 0.29) is 36.9 Å². The fraction of sp³-hybridized carbons (Fsp3) is 0.526. The molecule has 0 radical (unpaired) electrons. The number of hydrogen-bond donors (Lipinski definition) is 3. The summed E-state index contributed by atoms with van der Waals surface area (Å²) in [6.07, 6.45) is 0. The van der Waals surface area contributed by atoms with Crippen LogP contribution in [0.15, 0.2) is 18.2 Å². The molecule has 1 aromatic rings. The normalized spacial score (nSPS) is 23.0. The number of aliphatic hydroxyl groups excluding tert-OH is 1. The van der Waals surface area contributed by atoms with Gasteiger partial charge in [-0.15, -0.1) is 0 Å². The van der Waals surface area contributed by atoms with Crippen molar-refractivity contribution in [3.63, 3.8) is 0 Å². The predicted molar refractivity (Wildman–Crippen MR) is 107 cm³/mol. The van der Waals surface area contributed by atoms with E-state index in [1.807, 2.05) is 0 Å². The first kappa shape index (κ1) is 21.2. The Labute approximate surface area is 173 Å². The minimum Gasteiger partial charge on any atom is -0.495 e. The minimum atomic E-state index is -0.568. The lowest BCUT2D eigenvalue weighted by molar-refractivity contribution is -0.132. The van der Waals surface area contributed by atoms with Gasteiger partial charge in [0.1, 0.15) is 5.75 Å². The zero-order chi connectivity index (χ0) is 21.2. The lowest BCUT2D eigenvalue weighted by Gasteiger charge is -2.27. The molecule has 158 valence electrons. The molecule has 2 aliphatic heterocycles. The highest BCUT2D eigenvalue weighted by Gasteiger charge is 2.54. The molecule has 4 amide bonds. The van der Waals surface area contributed by atoms with Crippen LogP contribution in [0, 0.1) is 11.3 Å². The number of anilines is 1. The molecule has 2 unspecified atom stereocenters. The molecule has 0 bridgehead atoms. The second-order valence-electron chi connectivity index (χ2n) is 7.56. The lowest BCUT2D eigenvalue weighted by Crippen LogP contribution is -2.44. The summed E-state index contributed by atoms with van der Waals surface area (Å²) in [5.74, 6) is -0.00877. The third-order valence-electron chi connectivity index (χ3n) is 5.61. The van der Waals surface area contributed by atoms with E-state index in [9.17, 15) is 19.5 Å². The van der Waals surface area contributed by atoms with Crippen LogP contribution in [0.2, 0.25) is 5.02 Å². The van der Waals surface area contributed by atoms with E-state index in [1.54, 1.807) is 28.0 Å². The summed E-state index contributed by atoms with van der Waals surface area (Å²) in [7, 11) is 1.51. The summed E-state index contributed by atoms with van der Waals surface area (Å²) in [5, 5.41) is 15.8. The Balaban J connectivity index is 1.65. The molecule has 0 spiro atoms. The third kappa shape index (κ3) is 4.40. The van der Waals surface area contributed by atoms with Crippen molar-refractivity contribution in [2.24, 2.45) is 11.3 Å². The monoisotopic (exact) mass is 424 g/mol. The second kappa shape index (κ2) is 8.46. The first-order valence-electron chi connectivity index (χ1n) is 9.30. The van der Waals surface area contributed by atoms with Gasteiger partial charge in [-0.25, -0.2) is 4.79 Å². The Bertz CT molecular complexity index is 820. The van der Waals surface area contributed by atoms with Gasteiger partial charge in [-0.3, -0.25) is 9.59 Å². The zero-order valence-corrected chi connectivity index (χ0v) is 17.2. The molecule has 0 saturated carbocycles. The van der Waals surface area contributed by atoms with Crippen LogP contribution in [0.5, 0.6) is 5.75 Å². The molecule has 2 aliphatic rings. The second-order valence-corrected chi connectivity index (χ2v) is 7.99. The van der Waals surface area contributed by atoms with Gasteiger partial charge in [-0.2, -0.15) is 0 Å². The van der Waals surface area contributed by atoms with Crippen molar-refractivity contribution < 1.29 is 24.2 Å². The Morgan fingerprint density at radius 2 is 1.97 bits per heavy atom. The van der Waals surface area contributed by atoms with Crippen LogP contribution in [0.25, 0.3) is 0 Å². The number of likely N-dealkylation sites (tertiary alicyclic amines) is 2. The van der Waals surface area contributed by atoms with Gasteiger partial charge in [0.25, 0.3) is 0 Å². The highest BCUT2D eigenvalue weighted by molar-refractivity contribution is 6.31. The first-order chi connectivity index (χ1) is 13.8. The Kier molecular flexibility index (Phi) is 6.18. The van der Waals surface area contributed by atoms with E-state index >= 15 is 0 Å². The molecule has 2 atom stereocenters. The molecular formula is C19H25ClN4O5. The number of halogens is 1. The molecule has 3 rings (SSSR count). The van der Waals surface area contributed by atoms with Gasteiger partial charge < -0.3 is 30.3 Å². The maximum absolute atomic E-state index is 12.8. The highest BCUT2D eigenvalue weighted by Crippen LogP contribution is 2.42. The van der Waals surface area contributed by atoms with Gasteiger partial charge in [0.05, 0.1) is 25.9 Å². The molecule has 0 aliphatic carbocycles. The van der Waals surface area contributed by atoms with Crippen molar-refractivity contribution in [2.45, 2.75) is 6.92 Å². The predicted octanol–water partition coefficient (Wildman–Crippen LogP) is 0.769. The number of ether oxygens (including phenoxy) is 1. The number of fused-ring (bicyclic) bond motifs is 1. The summed E-state index contributed by atoms with van der Waals surface area (Å²) < 4.78 is 5.25. The number of carbonyl (C=O) groups is 3. The average molecular weight is 425 g/mol. The number of rotatable bonds is 5. The molecule has 2 heterocycles. The van der Waals surface area contributed by atoms with Crippen LogP contribution < -0.4 is 15.4 Å². The van der Waals surface area contributed by atoms with Crippen molar-refractivity contribution in [3.05, 3.63) is 23.2 Å². The summed E-state index contributed by atoms with van der Waals surface area (Å²) in [5.41, 5.74) is -0.103. The molecule has 2 saturated heterocycles. The zero-order valence-electron chi connectivity index (χ0n) is 16.4. The van der Waals surface area contributed by atoms with Crippen molar-refractivity contribution in [2.75, 3.05) is 51.8 Å². The fourth-order valence-electron chi connectivity index (χ4n) is 4.03. The van der Waals surface area contributed by atoms with E-state index in [2.05, 4.69) is 10.6 Å². The van der Waals surface area contributed by atoms with E-state index < -0.39 is 5.41 Å².